The van der Waals surface area contributed by atoms with Crippen LogP contribution in [0.1, 0.15) is 25.7 Å². The zero-order valence-corrected chi connectivity index (χ0v) is 16.7. The highest BCUT2D eigenvalue weighted by Crippen LogP contribution is 2.33. The van der Waals surface area contributed by atoms with Crippen molar-refractivity contribution in [1.82, 2.24) is 10.6 Å². The largest absolute Gasteiger partial charge is 0.495 e. The highest BCUT2D eigenvalue weighted by atomic mass is 35.5. The molecule has 8 heteroatoms. The Labute approximate surface area is 166 Å². The smallest absolute Gasteiger partial charge is 0.221 e. The van der Waals surface area contributed by atoms with Crippen molar-refractivity contribution < 1.29 is 9.53 Å². The third-order valence-electron chi connectivity index (χ3n) is 4.63. The van der Waals surface area contributed by atoms with Crippen LogP contribution in [0.4, 0.5) is 5.69 Å². The van der Waals surface area contributed by atoms with Gasteiger partial charge in [-0.15, -0.1) is 24.8 Å². The number of rotatable bonds is 5. The molecular formula is C17H26Cl3N3O2. The monoisotopic (exact) mass is 409 g/mol. The molecule has 2 aliphatic rings. The number of amides is 1. The Bertz CT molecular complexity index is 568. The molecule has 2 fully saturated rings. The van der Waals surface area contributed by atoms with Crippen molar-refractivity contribution in [3.63, 3.8) is 0 Å². The van der Waals surface area contributed by atoms with E-state index in [0.29, 0.717) is 17.5 Å². The molecule has 142 valence electrons. The molecule has 1 aromatic rings. The fourth-order valence-electron chi connectivity index (χ4n) is 3.45. The molecule has 5 nitrogen and oxygen atoms in total. The van der Waals surface area contributed by atoms with Crippen LogP contribution in [0, 0.1) is 0 Å². The van der Waals surface area contributed by atoms with Gasteiger partial charge in [-0.1, -0.05) is 11.6 Å². The molecule has 2 heterocycles. The molecule has 2 atom stereocenters. The summed E-state index contributed by atoms with van der Waals surface area (Å²) in [7, 11) is 1.66. The summed E-state index contributed by atoms with van der Waals surface area (Å²) < 4.78 is 5.42. The van der Waals surface area contributed by atoms with E-state index in [1.807, 2.05) is 18.2 Å². The van der Waals surface area contributed by atoms with Crippen molar-refractivity contribution >= 4 is 48.0 Å². The average Bonchev–Trinajstić information content (AvgIpc) is 3.19. The van der Waals surface area contributed by atoms with Crippen LogP contribution in [-0.4, -0.2) is 44.7 Å². The Morgan fingerprint density at radius 1 is 1.40 bits per heavy atom. The average molecular weight is 411 g/mol. The second kappa shape index (κ2) is 10.3. The summed E-state index contributed by atoms with van der Waals surface area (Å²) in [5.41, 5.74) is 0.995. The van der Waals surface area contributed by atoms with Crippen molar-refractivity contribution in [3.8, 4) is 5.75 Å². The number of hydrogen-bond donors (Lipinski definition) is 2. The maximum absolute atomic E-state index is 12.2. The van der Waals surface area contributed by atoms with Gasteiger partial charge in [0.15, 0.2) is 0 Å². The molecule has 0 spiro atoms. The number of ether oxygens (including phenoxy) is 1. The Hall–Kier alpha value is -0.880. The summed E-state index contributed by atoms with van der Waals surface area (Å²) in [6, 6.07) is 6.17. The number of methoxy groups -OCH3 is 1. The highest BCUT2D eigenvalue weighted by Gasteiger charge is 2.27. The number of anilines is 1. The normalized spacial score (nSPS) is 22.1. The molecule has 0 radical (unpaired) electrons. The van der Waals surface area contributed by atoms with Crippen LogP contribution < -0.4 is 20.3 Å². The van der Waals surface area contributed by atoms with Gasteiger partial charge in [-0.3, -0.25) is 4.79 Å². The third-order valence-corrected chi connectivity index (χ3v) is 4.86. The number of nitrogens with zero attached hydrogens (tertiary/aromatic N) is 1. The van der Waals surface area contributed by atoms with Gasteiger partial charge >= 0.3 is 0 Å². The Balaban J connectivity index is 0.00000156. The van der Waals surface area contributed by atoms with E-state index in [2.05, 4.69) is 15.5 Å². The zero-order chi connectivity index (χ0) is 16.2. The lowest BCUT2D eigenvalue weighted by atomic mass is 10.1. The van der Waals surface area contributed by atoms with E-state index in [-0.39, 0.29) is 36.8 Å². The first-order chi connectivity index (χ1) is 11.2. The molecule has 25 heavy (non-hydrogen) atoms. The second-order valence-electron chi connectivity index (χ2n) is 6.31. The van der Waals surface area contributed by atoms with Gasteiger partial charge in [0.1, 0.15) is 5.75 Å². The predicted molar refractivity (Wildman–Crippen MR) is 107 cm³/mol. The van der Waals surface area contributed by atoms with Gasteiger partial charge in [0.2, 0.25) is 5.91 Å². The minimum atomic E-state index is 0. The van der Waals surface area contributed by atoms with Crippen LogP contribution in [0.2, 0.25) is 5.02 Å². The van der Waals surface area contributed by atoms with E-state index in [4.69, 9.17) is 16.3 Å². The standard InChI is InChI=1S/C17H24ClN3O2.2ClH/c1-23-16-5-4-12(18)9-15(16)21-8-6-14(11-21)20-17(22)10-13-3-2-7-19-13;;/h4-5,9,13-14,19H,2-3,6-8,10-11H2,1H3,(H,20,22);2*1H. The molecule has 2 aliphatic heterocycles. The number of benzene rings is 1. The lowest BCUT2D eigenvalue weighted by molar-refractivity contribution is -0.122. The van der Waals surface area contributed by atoms with E-state index >= 15 is 0 Å². The minimum Gasteiger partial charge on any atom is -0.495 e. The molecule has 0 aliphatic carbocycles. The van der Waals surface area contributed by atoms with Gasteiger partial charge < -0.3 is 20.3 Å². The van der Waals surface area contributed by atoms with E-state index in [1.54, 1.807) is 7.11 Å². The molecule has 2 saturated heterocycles. The van der Waals surface area contributed by atoms with Gasteiger partial charge in [0.05, 0.1) is 12.8 Å². The summed E-state index contributed by atoms with van der Waals surface area (Å²) >= 11 is 6.11. The van der Waals surface area contributed by atoms with Crippen LogP contribution in [0.3, 0.4) is 0 Å². The van der Waals surface area contributed by atoms with Crippen molar-refractivity contribution in [2.75, 3.05) is 31.6 Å². The first-order valence-corrected chi connectivity index (χ1v) is 8.64. The minimum absolute atomic E-state index is 0. The van der Waals surface area contributed by atoms with Gasteiger partial charge in [0, 0.05) is 36.6 Å². The molecular weight excluding hydrogens is 385 g/mol. The van der Waals surface area contributed by atoms with Crippen molar-refractivity contribution in [2.24, 2.45) is 0 Å². The zero-order valence-electron chi connectivity index (χ0n) is 14.3. The van der Waals surface area contributed by atoms with Gasteiger partial charge in [-0.05, 0) is 44.0 Å². The summed E-state index contributed by atoms with van der Waals surface area (Å²) in [5.74, 6) is 0.964. The van der Waals surface area contributed by atoms with Crippen molar-refractivity contribution in [2.45, 2.75) is 37.8 Å². The van der Waals surface area contributed by atoms with Gasteiger partial charge in [0.25, 0.3) is 0 Å². The van der Waals surface area contributed by atoms with E-state index in [1.165, 1.54) is 6.42 Å². The molecule has 1 aromatic carbocycles. The molecule has 0 saturated carbocycles. The van der Waals surface area contributed by atoms with Crippen LogP contribution in [0.15, 0.2) is 18.2 Å². The number of hydrogen-bond acceptors (Lipinski definition) is 4. The topological polar surface area (TPSA) is 53.6 Å². The molecule has 2 unspecified atom stereocenters. The molecule has 1 amide bonds. The number of carbonyl (C=O) groups is 1. The van der Waals surface area contributed by atoms with E-state index < -0.39 is 0 Å². The van der Waals surface area contributed by atoms with E-state index in [0.717, 1.165) is 43.9 Å². The summed E-state index contributed by atoms with van der Waals surface area (Å²) in [6.07, 6.45) is 3.80. The fraction of sp³-hybridized carbons (Fsp3) is 0.588. The van der Waals surface area contributed by atoms with Crippen molar-refractivity contribution in [3.05, 3.63) is 23.2 Å². The Morgan fingerprint density at radius 3 is 2.88 bits per heavy atom. The Morgan fingerprint density at radius 2 is 2.20 bits per heavy atom. The lowest BCUT2D eigenvalue weighted by Gasteiger charge is -2.22. The van der Waals surface area contributed by atoms with Gasteiger partial charge in [-0.25, -0.2) is 0 Å². The third kappa shape index (κ3) is 5.81. The maximum atomic E-state index is 12.2. The molecule has 0 bridgehead atoms. The lowest BCUT2D eigenvalue weighted by Crippen LogP contribution is -2.39. The van der Waals surface area contributed by atoms with Gasteiger partial charge in [-0.2, -0.15) is 0 Å². The van der Waals surface area contributed by atoms with Crippen molar-refractivity contribution in [1.29, 1.82) is 0 Å². The summed E-state index contributed by atoms with van der Waals surface area (Å²) in [4.78, 5) is 14.4. The van der Waals surface area contributed by atoms with Crippen LogP contribution in [0.5, 0.6) is 5.75 Å². The number of nitrogens with one attached hydrogen (secondary N) is 2. The number of carbonyl (C=O) groups excluding carboxylic acids is 1. The second-order valence-corrected chi connectivity index (χ2v) is 6.75. The number of halogens is 3. The predicted octanol–water partition coefficient (Wildman–Crippen LogP) is 3.03. The summed E-state index contributed by atoms with van der Waals surface area (Å²) in [6.45, 7) is 2.72. The Kier molecular flexibility index (Phi) is 9.14. The maximum Gasteiger partial charge on any atom is 0.221 e. The quantitative estimate of drug-likeness (QED) is 0.783. The SMILES string of the molecule is COc1ccc(Cl)cc1N1CCC(NC(=O)CC2CCCN2)C1.Cl.Cl. The van der Waals surface area contributed by atoms with Crippen LogP contribution in [0.25, 0.3) is 0 Å². The first kappa shape index (κ1) is 22.2. The van der Waals surface area contributed by atoms with Crippen LogP contribution in [-0.2, 0) is 4.79 Å². The fourth-order valence-corrected chi connectivity index (χ4v) is 3.61. The molecule has 3 rings (SSSR count). The highest BCUT2D eigenvalue weighted by molar-refractivity contribution is 6.30. The first-order valence-electron chi connectivity index (χ1n) is 8.27. The van der Waals surface area contributed by atoms with E-state index in [9.17, 15) is 4.79 Å². The molecule has 2 N–H and O–H groups in total. The van der Waals surface area contributed by atoms with Crippen LogP contribution >= 0.6 is 36.4 Å². The molecule has 0 aromatic heterocycles. The summed E-state index contributed by atoms with van der Waals surface area (Å²) in [5, 5.41) is 7.22.